The fourth-order valence-corrected chi connectivity index (χ4v) is 5.08. The number of imide groups is 1. The van der Waals surface area contributed by atoms with Crippen molar-refractivity contribution in [3.8, 4) is 17.2 Å². The highest BCUT2D eigenvalue weighted by atomic mass is 32.2. The maximum atomic E-state index is 13.2. The smallest absolute Gasteiger partial charge is 0.343 e. The van der Waals surface area contributed by atoms with Gasteiger partial charge in [-0.15, -0.1) is 0 Å². The summed E-state index contributed by atoms with van der Waals surface area (Å²) in [6, 6.07) is 25.3. The molecule has 196 valence electrons. The number of hydrogen-bond donors (Lipinski definition) is 0. The Hall–Kier alpha value is -4.56. The summed E-state index contributed by atoms with van der Waals surface area (Å²) in [5.41, 5.74) is 1.90. The summed E-state index contributed by atoms with van der Waals surface area (Å²) < 4.78 is 16.4. The van der Waals surface area contributed by atoms with Gasteiger partial charge in [0.25, 0.3) is 11.1 Å². The first-order chi connectivity index (χ1) is 19.0. The van der Waals surface area contributed by atoms with Crippen LogP contribution in [0.4, 0.5) is 4.79 Å². The maximum absolute atomic E-state index is 13.2. The van der Waals surface area contributed by atoms with E-state index >= 15 is 0 Å². The zero-order chi connectivity index (χ0) is 27.4. The lowest BCUT2D eigenvalue weighted by Crippen LogP contribution is -2.27. The van der Waals surface area contributed by atoms with Crippen molar-refractivity contribution in [2.24, 2.45) is 0 Å². The molecule has 0 unspecified atom stereocenters. The Balaban J connectivity index is 1.35. The van der Waals surface area contributed by atoms with Crippen LogP contribution in [0.5, 0.6) is 17.2 Å². The highest BCUT2D eigenvalue weighted by molar-refractivity contribution is 8.18. The normalized spacial score (nSPS) is 14.2. The Morgan fingerprint density at radius 3 is 2.46 bits per heavy atom. The van der Waals surface area contributed by atoms with Gasteiger partial charge in [-0.05, 0) is 83.1 Å². The van der Waals surface area contributed by atoms with Gasteiger partial charge in [0.2, 0.25) is 0 Å². The molecule has 1 heterocycles. The van der Waals surface area contributed by atoms with E-state index in [4.69, 9.17) is 14.2 Å². The molecular formula is C31H25NO6S. The molecule has 39 heavy (non-hydrogen) atoms. The van der Waals surface area contributed by atoms with Crippen LogP contribution in [0.3, 0.4) is 0 Å². The number of rotatable bonds is 8. The minimum absolute atomic E-state index is 0.188. The molecule has 0 aliphatic carbocycles. The van der Waals surface area contributed by atoms with E-state index in [9.17, 15) is 14.4 Å². The average Bonchev–Trinajstić information content (AvgIpc) is 3.22. The molecule has 0 saturated carbocycles. The SMILES string of the molecule is CCOc1cc(/C=C2\SC(=O)N(Cc3cccc4ccccc34)C2=O)ccc1OC(=O)c1ccc(OC)cc1. The molecule has 4 aromatic rings. The lowest BCUT2D eigenvalue weighted by atomic mass is 10.0. The van der Waals surface area contributed by atoms with E-state index in [1.807, 2.05) is 49.4 Å². The van der Waals surface area contributed by atoms with Crippen LogP contribution in [-0.4, -0.2) is 35.7 Å². The van der Waals surface area contributed by atoms with E-state index in [1.165, 1.54) is 4.90 Å². The van der Waals surface area contributed by atoms with Crippen molar-refractivity contribution in [1.82, 2.24) is 4.90 Å². The van der Waals surface area contributed by atoms with Gasteiger partial charge in [-0.25, -0.2) is 4.79 Å². The number of amides is 2. The molecule has 0 radical (unpaired) electrons. The van der Waals surface area contributed by atoms with Crippen molar-refractivity contribution in [2.45, 2.75) is 13.5 Å². The zero-order valence-corrected chi connectivity index (χ0v) is 22.2. The molecule has 0 atom stereocenters. The molecule has 2 amide bonds. The Kier molecular flexibility index (Phi) is 7.65. The molecule has 0 aromatic heterocycles. The molecule has 4 aromatic carbocycles. The zero-order valence-electron chi connectivity index (χ0n) is 21.4. The molecule has 1 aliphatic heterocycles. The quantitative estimate of drug-likeness (QED) is 0.140. The van der Waals surface area contributed by atoms with Crippen molar-refractivity contribution >= 4 is 45.7 Å². The van der Waals surface area contributed by atoms with Gasteiger partial charge in [0.15, 0.2) is 11.5 Å². The highest BCUT2D eigenvalue weighted by Gasteiger charge is 2.35. The van der Waals surface area contributed by atoms with Crippen molar-refractivity contribution in [2.75, 3.05) is 13.7 Å². The third-order valence-corrected chi connectivity index (χ3v) is 7.08. The average molecular weight is 540 g/mol. The van der Waals surface area contributed by atoms with Crippen LogP contribution < -0.4 is 14.2 Å². The molecule has 0 bridgehead atoms. The molecular weight excluding hydrogens is 514 g/mol. The molecule has 1 aliphatic rings. The third kappa shape index (κ3) is 5.66. The van der Waals surface area contributed by atoms with Gasteiger partial charge in [0.05, 0.1) is 30.7 Å². The standard InChI is InChI=1S/C31H25NO6S/c1-3-37-27-17-20(11-16-26(27)38-30(34)22-12-14-24(36-2)15-13-22)18-28-29(33)32(31(35)39-28)19-23-9-6-8-21-7-4-5-10-25(21)23/h4-18H,3,19H2,1-2H3/b28-18-. The summed E-state index contributed by atoms with van der Waals surface area (Å²) in [7, 11) is 1.55. The number of methoxy groups -OCH3 is 1. The summed E-state index contributed by atoms with van der Waals surface area (Å²) in [6.07, 6.45) is 1.64. The van der Waals surface area contributed by atoms with Crippen LogP contribution in [-0.2, 0) is 11.3 Å². The summed E-state index contributed by atoms with van der Waals surface area (Å²) in [4.78, 5) is 40.2. The molecule has 1 fully saturated rings. The van der Waals surface area contributed by atoms with E-state index in [1.54, 1.807) is 55.7 Å². The summed E-state index contributed by atoms with van der Waals surface area (Å²) in [5.74, 6) is 0.334. The van der Waals surface area contributed by atoms with Gasteiger partial charge in [-0.1, -0.05) is 48.5 Å². The van der Waals surface area contributed by atoms with E-state index < -0.39 is 5.97 Å². The fourth-order valence-electron chi connectivity index (χ4n) is 4.24. The van der Waals surface area contributed by atoms with Crippen molar-refractivity contribution in [3.63, 3.8) is 0 Å². The van der Waals surface area contributed by atoms with Crippen molar-refractivity contribution in [1.29, 1.82) is 0 Å². The van der Waals surface area contributed by atoms with Crippen LogP contribution in [0, 0.1) is 0 Å². The molecule has 7 nitrogen and oxygen atoms in total. The molecule has 1 saturated heterocycles. The molecule has 0 N–H and O–H groups in total. The number of carbonyl (C=O) groups is 3. The first-order valence-corrected chi connectivity index (χ1v) is 13.1. The van der Waals surface area contributed by atoms with Crippen LogP contribution >= 0.6 is 11.8 Å². The molecule has 8 heteroatoms. The second-order valence-corrected chi connectivity index (χ2v) is 9.66. The number of nitrogens with zero attached hydrogens (tertiary/aromatic N) is 1. The Bertz CT molecular complexity index is 1590. The second-order valence-electron chi connectivity index (χ2n) is 8.66. The summed E-state index contributed by atoms with van der Waals surface area (Å²) in [5, 5.41) is 1.73. The lowest BCUT2D eigenvalue weighted by Gasteiger charge is -2.14. The number of hydrogen-bond acceptors (Lipinski definition) is 7. The van der Waals surface area contributed by atoms with E-state index in [0.717, 1.165) is 28.1 Å². The third-order valence-electron chi connectivity index (χ3n) is 6.18. The number of fused-ring (bicyclic) bond motifs is 1. The van der Waals surface area contributed by atoms with Gasteiger partial charge in [0.1, 0.15) is 5.75 Å². The summed E-state index contributed by atoms with van der Waals surface area (Å²) in [6.45, 7) is 2.35. The largest absolute Gasteiger partial charge is 0.497 e. The first kappa shape index (κ1) is 26.1. The number of thioether (sulfide) groups is 1. The van der Waals surface area contributed by atoms with Gasteiger partial charge < -0.3 is 14.2 Å². The van der Waals surface area contributed by atoms with Crippen LogP contribution in [0.25, 0.3) is 16.8 Å². The van der Waals surface area contributed by atoms with Gasteiger partial charge in [0, 0.05) is 0 Å². The Morgan fingerprint density at radius 2 is 1.69 bits per heavy atom. The van der Waals surface area contributed by atoms with Crippen molar-refractivity contribution in [3.05, 3.63) is 107 Å². The fraction of sp³-hybridized carbons (Fsp3) is 0.129. The first-order valence-electron chi connectivity index (χ1n) is 12.3. The topological polar surface area (TPSA) is 82.1 Å². The molecule has 5 rings (SSSR count). The Labute approximate surface area is 230 Å². The molecule has 0 spiro atoms. The van der Waals surface area contributed by atoms with Crippen molar-refractivity contribution < 1.29 is 28.6 Å². The second kappa shape index (κ2) is 11.4. The van der Waals surface area contributed by atoms with E-state index in [-0.39, 0.29) is 23.4 Å². The van der Waals surface area contributed by atoms with Crippen LogP contribution in [0.2, 0.25) is 0 Å². The lowest BCUT2D eigenvalue weighted by molar-refractivity contribution is -0.123. The number of carbonyl (C=O) groups excluding carboxylic acids is 3. The van der Waals surface area contributed by atoms with E-state index in [2.05, 4.69) is 0 Å². The van der Waals surface area contributed by atoms with Gasteiger partial charge in [-0.2, -0.15) is 0 Å². The van der Waals surface area contributed by atoms with Gasteiger partial charge >= 0.3 is 5.97 Å². The monoisotopic (exact) mass is 539 g/mol. The highest BCUT2D eigenvalue weighted by Crippen LogP contribution is 2.36. The van der Waals surface area contributed by atoms with E-state index in [0.29, 0.717) is 34.1 Å². The minimum Gasteiger partial charge on any atom is -0.497 e. The summed E-state index contributed by atoms with van der Waals surface area (Å²) >= 11 is 0.898. The van der Waals surface area contributed by atoms with Gasteiger partial charge in [-0.3, -0.25) is 14.5 Å². The Morgan fingerprint density at radius 1 is 0.923 bits per heavy atom. The predicted molar refractivity (Wildman–Crippen MR) is 151 cm³/mol. The number of benzene rings is 4. The minimum atomic E-state index is -0.541. The number of esters is 1. The number of ether oxygens (including phenoxy) is 3. The van der Waals surface area contributed by atoms with Crippen LogP contribution in [0.1, 0.15) is 28.4 Å². The predicted octanol–water partition coefficient (Wildman–Crippen LogP) is 6.70. The maximum Gasteiger partial charge on any atom is 0.343 e. The van der Waals surface area contributed by atoms with Crippen LogP contribution in [0.15, 0.2) is 89.8 Å².